The van der Waals surface area contributed by atoms with Gasteiger partial charge in [-0.2, -0.15) is 0 Å². The average molecular weight is 499 g/mol. The van der Waals surface area contributed by atoms with Gasteiger partial charge < -0.3 is 0 Å². The van der Waals surface area contributed by atoms with Crippen LogP contribution >= 0.6 is 0 Å². The van der Waals surface area contributed by atoms with E-state index in [9.17, 15) is 0 Å². The summed E-state index contributed by atoms with van der Waals surface area (Å²) in [5.41, 5.74) is 11.8. The van der Waals surface area contributed by atoms with E-state index in [1.54, 1.807) is 0 Å². The van der Waals surface area contributed by atoms with Crippen LogP contribution < -0.4 is 0 Å². The van der Waals surface area contributed by atoms with Crippen LogP contribution in [0.5, 0.6) is 0 Å². The summed E-state index contributed by atoms with van der Waals surface area (Å²) >= 11 is 0. The molecular weight excluding hydrogens is 468 g/mol. The van der Waals surface area contributed by atoms with Crippen LogP contribution in [0.15, 0.2) is 127 Å². The second-order valence-corrected chi connectivity index (χ2v) is 10.7. The fraction of sp³-hybridized carbons (Fsp3) is 0.0769. The van der Waals surface area contributed by atoms with Crippen LogP contribution in [0.3, 0.4) is 0 Å². The summed E-state index contributed by atoms with van der Waals surface area (Å²) in [6, 6.07) is 46.8. The second-order valence-electron chi connectivity index (χ2n) is 10.7. The number of aryl methyl sites for hydroxylation is 3. The third-order valence-corrected chi connectivity index (χ3v) is 8.13. The van der Waals surface area contributed by atoms with Crippen LogP contribution in [0.2, 0.25) is 0 Å². The van der Waals surface area contributed by atoms with Gasteiger partial charge in [-0.3, -0.25) is 0 Å². The number of hydrogen-bond acceptors (Lipinski definition) is 0. The maximum Gasteiger partial charge on any atom is -0.00201 e. The molecule has 0 aliphatic heterocycles. The van der Waals surface area contributed by atoms with Crippen LogP contribution in [0, 0.1) is 20.8 Å². The third-order valence-electron chi connectivity index (χ3n) is 8.13. The Morgan fingerprint density at radius 1 is 0.333 bits per heavy atom. The first kappa shape index (κ1) is 23.4. The van der Waals surface area contributed by atoms with E-state index in [4.69, 9.17) is 0 Å². The van der Waals surface area contributed by atoms with E-state index in [0.29, 0.717) is 0 Å². The van der Waals surface area contributed by atoms with Crippen molar-refractivity contribution < 1.29 is 0 Å². The van der Waals surface area contributed by atoms with Crippen molar-refractivity contribution >= 4 is 32.3 Å². The van der Waals surface area contributed by atoms with E-state index < -0.39 is 0 Å². The highest BCUT2D eigenvalue weighted by atomic mass is 14.2. The maximum absolute atomic E-state index is 2.35. The predicted molar refractivity (Wildman–Crippen MR) is 169 cm³/mol. The molecule has 186 valence electrons. The van der Waals surface area contributed by atoms with Crippen molar-refractivity contribution in [2.24, 2.45) is 0 Å². The van der Waals surface area contributed by atoms with E-state index in [2.05, 4.69) is 148 Å². The standard InChI is InChI=1S/C39H30/c1-25-23-26(2)37(27(3)24-25)35-21-22-36(30-16-8-7-15-29(30)35)39-33-19-11-9-17-31(33)38(28-13-5-4-6-14-28)32-18-10-12-20-34(32)39/h4-24H,1-3H3. The zero-order valence-corrected chi connectivity index (χ0v) is 22.6. The highest BCUT2D eigenvalue weighted by Gasteiger charge is 2.19. The molecule has 0 saturated carbocycles. The van der Waals surface area contributed by atoms with Crippen molar-refractivity contribution in [3.63, 3.8) is 0 Å². The summed E-state index contributed by atoms with van der Waals surface area (Å²) in [4.78, 5) is 0. The van der Waals surface area contributed by atoms with E-state index in [1.807, 2.05) is 0 Å². The number of rotatable bonds is 3. The summed E-state index contributed by atoms with van der Waals surface area (Å²) in [5, 5.41) is 7.74. The molecule has 0 heterocycles. The molecule has 7 aromatic carbocycles. The average Bonchev–Trinajstić information content (AvgIpc) is 2.96. The molecule has 0 fully saturated rings. The molecule has 0 bridgehead atoms. The van der Waals surface area contributed by atoms with Gasteiger partial charge >= 0.3 is 0 Å². The fourth-order valence-electron chi connectivity index (χ4n) is 6.67. The van der Waals surface area contributed by atoms with E-state index in [-0.39, 0.29) is 0 Å². The molecule has 0 nitrogen and oxygen atoms in total. The molecule has 0 aliphatic rings. The second kappa shape index (κ2) is 9.26. The Labute approximate surface area is 230 Å². The SMILES string of the molecule is Cc1cc(C)c(-c2ccc(-c3c4ccccc4c(-c4ccccc4)c4ccccc34)c3ccccc23)c(C)c1. The van der Waals surface area contributed by atoms with Crippen LogP contribution in [0.25, 0.3) is 65.7 Å². The van der Waals surface area contributed by atoms with Gasteiger partial charge in [0, 0.05) is 0 Å². The smallest absolute Gasteiger partial charge is 0.00201 e. The van der Waals surface area contributed by atoms with Crippen molar-refractivity contribution in [3.05, 3.63) is 144 Å². The number of hydrogen-bond donors (Lipinski definition) is 0. The largest absolute Gasteiger partial charge is 0.0622 e. The zero-order valence-electron chi connectivity index (χ0n) is 22.6. The van der Waals surface area contributed by atoms with Gasteiger partial charge in [0.1, 0.15) is 0 Å². The molecule has 0 N–H and O–H groups in total. The molecule has 0 unspecified atom stereocenters. The molecule has 0 heteroatoms. The first-order valence-electron chi connectivity index (χ1n) is 13.7. The Morgan fingerprint density at radius 3 is 1.21 bits per heavy atom. The predicted octanol–water partition coefficient (Wildman–Crippen LogP) is 11.1. The summed E-state index contributed by atoms with van der Waals surface area (Å²) in [6.45, 7) is 6.66. The molecule has 0 radical (unpaired) electrons. The van der Waals surface area contributed by atoms with Gasteiger partial charge in [0.25, 0.3) is 0 Å². The van der Waals surface area contributed by atoms with Crippen molar-refractivity contribution in [2.45, 2.75) is 20.8 Å². The first-order valence-corrected chi connectivity index (χ1v) is 13.7. The highest BCUT2D eigenvalue weighted by Crippen LogP contribution is 2.46. The third kappa shape index (κ3) is 3.75. The monoisotopic (exact) mass is 498 g/mol. The minimum absolute atomic E-state index is 1.25. The van der Waals surface area contributed by atoms with Gasteiger partial charge in [0.15, 0.2) is 0 Å². The van der Waals surface area contributed by atoms with E-state index >= 15 is 0 Å². The maximum atomic E-state index is 2.35. The normalized spacial score (nSPS) is 11.5. The molecular formula is C39H30. The Bertz CT molecular complexity index is 1950. The summed E-state index contributed by atoms with van der Waals surface area (Å²) in [5.74, 6) is 0. The molecule has 0 amide bonds. The first-order chi connectivity index (χ1) is 19.1. The van der Waals surface area contributed by atoms with E-state index in [1.165, 1.54) is 82.4 Å². The zero-order chi connectivity index (χ0) is 26.5. The molecule has 7 aromatic rings. The summed E-state index contributed by atoms with van der Waals surface area (Å²) < 4.78 is 0. The molecule has 0 aliphatic carbocycles. The molecule has 39 heavy (non-hydrogen) atoms. The van der Waals surface area contributed by atoms with Crippen LogP contribution in [-0.4, -0.2) is 0 Å². The molecule has 7 rings (SSSR count). The van der Waals surface area contributed by atoms with Gasteiger partial charge in [0.2, 0.25) is 0 Å². The minimum Gasteiger partial charge on any atom is -0.0622 e. The van der Waals surface area contributed by atoms with E-state index in [0.717, 1.165) is 0 Å². The van der Waals surface area contributed by atoms with Gasteiger partial charge in [0.05, 0.1) is 0 Å². The Morgan fingerprint density at radius 2 is 0.718 bits per heavy atom. The van der Waals surface area contributed by atoms with Crippen molar-refractivity contribution in [1.82, 2.24) is 0 Å². The quantitative estimate of drug-likeness (QED) is 0.213. The van der Waals surface area contributed by atoms with Gasteiger partial charge in [-0.15, -0.1) is 0 Å². The number of fused-ring (bicyclic) bond motifs is 3. The van der Waals surface area contributed by atoms with Crippen LogP contribution in [-0.2, 0) is 0 Å². The lowest BCUT2D eigenvalue weighted by Gasteiger charge is -2.20. The lowest BCUT2D eigenvalue weighted by atomic mass is 9.83. The topological polar surface area (TPSA) is 0 Å². The van der Waals surface area contributed by atoms with Crippen molar-refractivity contribution in [1.29, 1.82) is 0 Å². The Kier molecular flexibility index (Phi) is 5.56. The lowest BCUT2D eigenvalue weighted by molar-refractivity contribution is 1.32. The van der Waals surface area contributed by atoms with Crippen LogP contribution in [0.1, 0.15) is 16.7 Å². The summed E-state index contributed by atoms with van der Waals surface area (Å²) in [7, 11) is 0. The van der Waals surface area contributed by atoms with Gasteiger partial charge in [-0.05, 0) is 97.6 Å². The van der Waals surface area contributed by atoms with Crippen molar-refractivity contribution in [3.8, 4) is 33.4 Å². The van der Waals surface area contributed by atoms with Crippen molar-refractivity contribution in [2.75, 3.05) is 0 Å². The Hall–Kier alpha value is -4.68. The minimum atomic E-state index is 1.25. The molecule has 0 spiro atoms. The molecule has 0 atom stereocenters. The Balaban J connectivity index is 1.61. The highest BCUT2D eigenvalue weighted by molar-refractivity contribution is 6.24. The number of benzene rings is 7. The van der Waals surface area contributed by atoms with Gasteiger partial charge in [-0.25, -0.2) is 0 Å². The molecule has 0 saturated heterocycles. The lowest BCUT2D eigenvalue weighted by Crippen LogP contribution is -1.94. The molecule has 0 aromatic heterocycles. The van der Waals surface area contributed by atoms with Gasteiger partial charge in [-0.1, -0.05) is 133 Å². The van der Waals surface area contributed by atoms with Crippen LogP contribution in [0.4, 0.5) is 0 Å². The fourth-order valence-corrected chi connectivity index (χ4v) is 6.67. The summed E-state index contributed by atoms with van der Waals surface area (Å²) in [6.07, 6.45) is 0.